The normalized spacial score (nSPS) is 11.4. The minimum absolute atomic E-state index is 0.859. The van der Waals surface area contributed by atoms with Crippen molar-refractivity contribution in [1.82, 2.24) is 0 Å². The Balaban J connectivity index is 1.74. The van der Waals surface area contributed by atoms with Crippen LogP contribution in [-0.4, -0.2) is 14.2 Å². The average Bonchev–Trinajstić information content (AvgIpc) is 2.87. The molecule has 2 nitrogen and oxygen atoms in total. The summed E-state index contributed by atoms with van der Waals surface area (Å²) >= 11 is 0. The van der Waals surface area contributed by atoms with Gasteiger partial charge in [0.25, 0.3) is 0 Å². The Labute approximate surface area is 187 Å². The van der Waals surface area contributed by atoms with Crippen LogP contribution in [0.2, 0.25) is 0 Å². The molecule has 0 amide bonds. The van der Waals surface area contributed by atoms with Crippen LogP contribution in [0.5, 0.6) is 11.5 Å². The molecule has 0 spiro atoms. The number of benzene rings is 6. The highest BCUT2D eigenvalue weighted by Gasteiger charge is 2.17. The third-order valence-electron chi connectivity index (χ3n) is 6.43. The summed E-state index contributed by atoms with van der Waals surface area (Å²) in [5, 5.41) is 7.73. The minimum atomic E-state index is 0.859. The molecule has 154 valence electrons. The molecule has 0 aliphatic rings. The quantitative estimate of drug-likeness (QED) is 0.273. The molecule has 0 aromatic heterocycles. The predicted molar refractivity (Wildman–Crippen MR) is 134 cm³/mol. The monoisotopic (exact) mass is 414 g/mol. The molecule has 0 saturated carbocycles. The lowest BCUT2D eigenvalue weighted by Crippen LogP contribution is -1.92. The van der Waals surface area contributed by atoms with Crippen molar-refractivity contribution in [3.05, 3.63) is 97.1 Å². The first kappa shape index (κ1) is 18.7. The zero-order valence-electron chi connectivity index (χ0n) is 18.1. The van der Waals surface area contributed by atoms with Crippen molar-refractivity contribution in [3.63, 3.8) is 0 Å². The summed E-state index contributed by atoms with van der Waals surface area (Å²) < 4.78 is 10.8. The smallest absolute Gasteiger partial charge is 0.118 e. The Hall–Kier alpha value is -4.04. The van der Waals surface area contributed by atoms with Gasteiger partial charge in [-0.25, -0.2) is 0 Å². The van der Waals surface area contributed by atoms with Gasteiger partial charge in [0.2, 0.25) is 0 Å². The highest BCUT2D eigenvalue weighted by Crippen LogP contribution is 2.44. The fourth-order valence-electron chi connectivity index (χ4n) is 4.88. The number of hydrogen-bond acceptors (Lipinski definition) is 2. The van der Waals surface area contributed by atoms with E-state index in [2.05, 4.69) is 72.8 Å². The van der Waals surface area contributed by atoms with Crippen LogP contribution in [0, 0.1) is 0 Å². The minimum Gasteiger partial charge on any atom is -0.497 e. The van der Waals surface area contributed by atoms with Crippen molar-refractivity contribution >= 4 is 32.3 Å². The number of methoxy groups -OCH3 is 2. The van der Waals surface area contributed by atoms with Crippen molar-refractivity contribution in [1.29, 1.82) is 0 Å². The summed E-state index contributed by atoms with van der Waals surface area (Å²) in [6.45, 7) is 0. The first-order chi connectivity index (χ1) is 15.8. The van der Waals surface area contributed by atoms with E-state index in [9.17, 15) is 0 Å². The summed E-state index contributed by atoms with van der Waals surface area (Å²) in [7, 11) is 3.40. The Morgan fingerprint density at radius 3 is 1.69 bits per heavy atom. The van der Waals surface area contributed by atoms with Crippen molar-refractivity contribution in [2.24, 2.45) is 0 Å². The van der Waals surface area contributed by atoms with E-state index in [1.807, 2.05) is 24.3 Å². The highest BCUT2D eigenvalue weighted by molar-refractivity contribution is 6.27. The van der Waals surface area contributed by atoms with Crippen LogP contribution in [0.25, 0.3) is 54.6 Å². The van der Waals surface area contributed by atoms with Crippen LogP contribution in [0.3, 0.4) is 0 Å². The summed E-state index contributed by atoms with van der Waals surface area (Å²) in [6, 6.07) is 34.6. The van der Waals surface area contributed by atoms with Gasteiger partial charge in [0.15, 0.2) is 0 Å². The molecule has 0 atom stereocenters. The number of ether oxygens (including phenoxy) is 2. The van der Waals surface area contributed by atoms with Gasteiger partial charge in [-0.3, -0.25) is 0 Å². The van der Waals surface area contributed by atoms with Crippen molar-refractivity contribution in [2.45, 2.75) is 0 Å². The van der Waals surface area contributed by atoms with Gasteiger partial charge in [-0.15, -0.1) is 0 Å². The molecule has 0 N–H and O–H groups in total. The lowest BCUT2D eigenvalue weighted by molar-refractivity contribution is 0.414. The fraction of sp³-hybridized carbons (Fsp3) is 0.0667. The van der Waals surface area contributed by atoms with Gasteiger partial charge in [-0.2, -0.15) is 0 Å². The van der Waals surface area contributed by atoms with Crippen LogP contribution < -0.4 is 9.47 Å². The first-order valence-corrected chi connectivity index (χ1v) is 10.8. The Morgan fingerprint density at radius 2 is 1.06 bits per heavy atom. The molecule has 6 aromatic carbocycles. The van der Waals surface area contributed by atoms with E-state index in [4.69, 9.17) is 9.47 Å². The van der Waals surface area contributed by atoms with E-state index >= 15 is 0 Å². The van der Waals surface area contributed by atoms with Crippen molar-refractivity contribution in [2.75, 3.05) is 14.2 Å². The van der Waals surface area contributed by atoms with Gasteiger partial charge in [-0.1, -0.05) is 66.7 Å². The number of rotatable bonds is 4. The molecular formula is C30H22O2. The second kappa shape index (κ2) is 7.28. The maximum Gasteiger partial charge on any atom is 0.118 e. The molecule has 32 heavy (non-hydrogen) atoms. The third kappa shape index (κ3) is 2.80. The lowest BCUT2D eigenvalue weighted by atomic mass is 9.85. The molecule has 0 radical (unpaired) electrons. The van der Waals surface area contributed by atoms with Crippen molar-refractivity contribution in [3.8, 4) is 33.8 Å². The van der Waals surface area contributed by atoms with Gasteiger partial charge >= 0.3 is 0 Å². The Bertz CT molecular complexity index is 1550. The fourth-order valence-corrected chi connectivity index (χ4v) is 4.88. The largest absolute Gasteiger partial charge is 0.497 e. The Kier molecular flexibility index (Phi) is 4.26. The molecule has 6 rings (SSSR count). The molecule has 0 aliphatic heterocycles. The molecule has 0 aliphatic carbocycles. The maximum atomic E-state index is 5.41. The van der Waals surface area contributed by atoms with Gasteiger partial charge in [0.1, 0.15) is 11.5 Å². The summed E-state index contributed by atoms with van der Waals surface area (Å²) in [5.41, 5.74) is 4.80. The summed E-state index contributed by atoms with van der Waals surface area (Å²) in [6.07, 6.45) is 0. The van der Waals surface area contributed by atoms with Crippen LogP contribution in [0.1, 0.15) is 0 Å². The zero-order valence-corrected chi connectivity index (χ0v) is 18.1. The summed E-state index contributed by atoms with van der Waals surface area (Å²) in [4.78, 5) is 0. The van der Waals surface area contributed by atoms with Crippen LogP contribution in [-0.2, 0) is 0 Å². The first-order valence-electron chi connectivity index (χ1n) is 10.8. The molecule has 0 bridgehead atoms. The zero-order chi connectivity index (χ0) is 21.7. The van der Waals surface area contributed by atoms with E-state index < -0.39 is 0 Å². The van der Waals surface area contributed by atoms with Crippen molar-refractivity contribution < 1.29 is 9.47 Å². The molecular weight excluding hydrogens is 392 g/mol. The third-order valence-corrected chi connectivity index (χ3v) is 6.43. The van der Waals surface area contributed by atoms with Gasteiger partial charge < -0.3 is 9.47 Å². The number of hydrogen-bond donors (Lipinski definition) is 0. The van der Waals surface area contributed by atoms with Gasteiger partial charge in [0, 0.05) is 0 Å². The molecule has 0 unspecified atom stereocenters. The maximum absolute atomic E-state index is 5.41. The van der Waals surface area contributed by atoms with Crippen LogP contribution in [0.4, 0.5) is 0 Å². The van der Waals surface area contributed by atoms with E-state index in [0.717, 1.165) is 11.5 Å². The molecule has 2 heteroatoms. The van der Waals surface area contributed by atoms with Crippen LogP contribution in [0.15, 0.2) is 97.1 Å². The predicted octanol–water partition coefficient (Wildman–Crippen LogP) is 7.94. The summed E-state index contributed by atoms with van der Waals surface area (Å²) in [5.74, 6) is 1.72. The lowest BCUT2D eigenvalue weighted by Gasteiger charge is -2.19. The van der Waals surface area contributed by atoms with E-state index in [0.29, 0.717) is 0 Å². The van der Waals surface area contributed by atoms with Gasteiger partial charge in [-0.05, 0) is 84.9 Å². The van der Waals surface area contributed by atoms with E-state index in [1.165, 1.54) is 54.6 Å². The second-order valence-corrected chi connectivity index (χ2v) is 8.11. The second-order valence-electron chi connectivity index (χ2n) is 8.11. The topological polar surface area (TPSA) is 18.5 Å². The Morgan fingerprint density at radius 1 is 0.500 bits per heavy atom. The SMILES string of the molecule is COc1ccc(-c2cc3ccc4cccc5ccc(c2-c2ccc(OC)cc2)c3c45)cc1. The standard InChI is InChI=1S/C30H22O2/c1-31-24-13-8-19(9-14-24)27-18-23-7-6-20-4-3-5-21-12-17-26(30(23)28(20)21)29(27)22-10-15-25(32-2)16-11-22/h3-18H,1-2H3. The molecule has 6 aromatic rings. The molecule has 0 fully saturated rings. The highest BCUT2D eigenvalue weighted by atomic mass is 16.5. The average molecular weight is 415 g/mol. The molecule has 0 heterocycles. The van der Waals surface area contributed by atoms with E-state index in [-0.39, 0.29) is 0 Å². The molecule has 0 saturated heterocycles. The van der Waals surface area contributed by atoms with Gasteiger partial charge in [0.05, 0.1) is 14.2 Å². The van der Waals surface area contributed by atoms with Crippen LogP contribution >= 0.6 is 0 Å². The van der Waals surface area contributed by atoms with E-state index in [1.54, 1.807) is 14.2 Å².